The van der Waals surface area contributed by atoms with Crippen LogP contribution >= 0.6 is 11.6 Å². The molecule has 0 spiro atoms. The van der Waals surface area contributed by atoms with Crippen molar-refractivity contribution in [2.75, 3.05) is 6.61 Å². The molecule has 2 nitrogen and oxygen atoms in total. The van der Waals surface area contributed by atoms with Gasteiger partial charge in [-0.15, -0.1) is 0 Å². The molecule has 27 heavy (non-hydrogen) atoms. The fraction of sp³-hybridized carbons (Fsp3) is 0.250. The van der Waals surface area contributed by atoms with Crippen molar-refractivity contribution < 1.29 is 4.74 Å². The lowest BCUT2D eigenvalue weighted by Crippen LogP contribution is -2.38. The summed E-state index contributed by atoms with van der Waals surface area (Å²) in [6, 6.07) is 29.3. The van der Waals surface area contributed by atoms with Gasteiger partial charge in [-0.2, -0.15) is 0 Å². The van der Waals surface area contributed by atoms with E-state index in [2.05, 4.69) is 79.4 Å². The van der Waals surface area contributed by atoms with Crippen molar-refractivity contribution in [1.82, 2.24) is 4.90 Å². The number of rotatable bonds is 8. The molecule has 2 atom stereocenters. The van der Waals surface area contributed by atoms with Gasteiger partial charge in [-0.1, -0.05) is 78.3 Å². The molecule has 3 aromatic carbocycles. The molecule has 0 heterocycles. The van der Waals surface area contributed by atoms with Crippen LogP contribution in [-0.4, -0.2) is 17.5 Å². The molecule has 0 saturated carbocycles. The summed E-state index contributed by atoms with van der Waals surface area (Å²) in [7, 11) is 0. The summed E-state index contributed by atoms with van der Waals surface area (Å²) in [5.74, 6) is 0.807. The van der Waals surface area contributed by atoms with Gasteiger partial charge in [-0.25, -0.2) is 0 Å². The highest BCUT2D eigenvalue weighted by Crippen LogP contribution is 2.25. The number of halogens is 1. The van der Waals surface area contributed by atoms with Gasteiger partial charge in [0.1, 0.15) is 12.4 Å². The number of hydrogen-bond acceptors (Lipinski definition) is 2. The van der Waals surface area contributed by atoms with Gasteiger partial charge < -0.3 is 4.74 Å². The predicted octanol–water partition coefficient (Wildman–Crippen LogP) is 6.37. The van der Waals surface area contributed by atoms with Crippen molar-refractivity contribution in [3.63, 3.8) is 0 Å². The zero-order valence-corrected chi connectivity index (χ0v) is 16.6. The van der Waals surface area contributed by atoms with E-state index in [0.717, 1.165) is 12.3 Å². The molecular formula is C24H26ClNO. The van der Waals surface area contributed by atoms with E-state index in [1.165, 1.54) is 11.1 Å². The summed E-state index contributed by atoms with van der Waals surface area (Å²) in [5, 5.41) is 0.693. The SMILES string of the molecule is C[C@H](c1ccccc1)N(Cc1ccccc1)[C@@H](C)COc1cccc(Cl)c1. The molecule has 0 aromatic heterocycles. The van der Waals surface area contributed by atoms with E-state index < -0.39 is 0 Å². The molecule has 0 unspecified atom stereocenters. The van der Waals surface area contributed by atoms with Gasteiger partial charge in [-0.05, 0) is 43.2 Å². The monoisotopic (exact) mass is 379 g/mol. The Balaban J connectivity index is 1.75. The molecule has 0 N–H and O–H groups in total. The lowest BCUT2D eigenvalue weighted by molar-refractivity contribution is 0.101. The Morgan fingerprint density at radius 3 is 2.19 bits per heavy atom. The van der Waals surface area contributed by atoms with Crippen LogP contribution in [-0.2, 0) is 6.54 Å². The van der Waals surface area contributed by atoms with Crippen LogP contribution in [0.15, 0.2) is 84.9 Å². The summed E-state index contributed by atoms with van der Waals surface area (Å²) < 4.78 is 6.03. The summed E-state index contributed by atoms with van der Waals surface area (Å²) in [6.45, 7) is 5.95. The maximum absolute atomic E-state index is 6.07. The van der Waals surface area contributed by atoms with Gasteiger partial charge in [0.05, 0.1) is 0 Å². The van der Waals surface area contributed by atoms with Gasteiger partial charge >= 0.3 is 0 Å². The third-order valence-corrected chi connectivity index (χ3v) is 5.08. The van der Waals surface area contributed by atoms with E-state index in [1.807, 2.05) is 24.3 Å². The lowest BCUT2D eigenvalue weighted by Gasteiger charge is -2.35. The van der Waals surface area contributed by atoms with Crippen LogP contribution in [0.2, 0.25) is 5.02 Å². The van der Waals surface area contributed by atoms with Gasteiger partial charge in [0.25, 0.3) is 0 Å². The zero-order chi connectivity index (χ0) is 19.1. The quantitative estimate of drug-likeness (QED) is 0.450. The summed E-state index contributed by atoms with van der Waals surface area (Å²) >= 11 is 6.07. The van der Waals surface area contributed by atoms with E-state index >= 15 is 0 Å². The Kier molecular flexibility index (Phi) is 6.92. The summed E-state index contributed by atoms with van der Waals surface area (Å²) in [6.07, 6.45) is 0. The molecule has 3 rings (SSSR count). The van der Waals surface area contributed by atoms with Crippen molar-refractivity contribution in [2.24, 2.45) is 0 Å². The first kappa shape index (κ1) is 19.5. The predicted molar refractivity (Wildman–Crippen MR) is 113 cm³/mol. The molecule has 0 amide bonds. The molecule has 0 bridgehead atoms. The first-order valence-electron chi connectivity index (χ1n) is 9.36. The Bertz CT molecular complexity index is 822. The lowest BCUT2D eigenvalue weighted by atomic mass is 10.0. The van der Waals surface area contributed by atoms with E-state index in [0.29, 0.717) is 11.6 Å². The van der Waals surface area contributed by atoms with Crippen LogP contribution in [0.5, 0.6) is 5.75 Å². The van der Waals surface area contributed by atoms with Gasteiger partial charge in [0.2, 0.25) is 0 Å². The molecule has 3 aromatic rings. The van der Waals surface area contributed by atoms with Crippen molar-refractivity contribution in [3.05, 3.63) is 101 Å². The maximum Gasteiger partial charge on any atom is 0.120 e. The largest absolute Gasteiger partial charge is 0.492 e. The minimum absolute atomic E-state index is 0.236. The average Bonchev–Trinajstić information content (AvgIpc) is 2.71. The van der Waals surface area contributed by atoms with Crippen LogP contribution in [0.3, 0.4) is 0 Å². The number of benzene rings is 3. The fourth-order valence-corrected chi connectivity index (χ4v) is 3.44. The minimum Gasteiger partial charge on any atom is -0.492 e. The highest BCUT2D eigenvalue weighted by molar-refractivity contribution is 6.30. The molecule has 0 aliphatic carbocycles. The Labute approximate surface area is 167 Å². The minimum atomic E-state index is 0.236. The average molecular weight is 380 g/mol. The summed E-state index contributed by atoms with van der Waals surface area (Å²) in [4.78, 5) is 2.48. The van der Waals surface area contributed by atoms with Crippen LogP contribution in [0.1, 0.15) is 31.0 Å². The molecule has 0 radical (unpaired) electrons. The van der Waals surface area contributed by atoms with Gasteiger partial charge in [-0.3, -0.25) is 4.90 Å². The summed E-state index contributed by atoms with van der Waals surface area (Å²) in [5.41, 5.74) is 2.61. The van der Waals surface area contributed by atoms with E-state index in [9.17, 15) is 0 Å². The topological polar surface area (TPSA) is 12.5 Å². The fourth-order valence-electron chi connectivity index (χ4n) is 3.26. The second-order valence-electron chi connectivity index (χ2n) is 6.86. The van der Waals surface area contributed by atoms with E-state index in [-0.39, 0.29) is 12.1 Å². The van der Waals surface area contributed by atoms with Gasteiger partial charge in [0, 0.05) is 23.7 Å². The Morgan fingerprint density at radius 2 is 1.52 bits per heavy atom. The number of hydrogen-bond donors (Lipinski definition) is 0. The van der Waals surface area contributed by atoms with Crippen molar-refractivity contribution >= 4 is 11.6 Å². The van der Waals surface area contributed by atoms with E-state index in [1.54, 1.807) is 0 Å². The number of nitrogens with zero attached hydrogens (tertiary/aromatic N) is 1. The van der Waals surface area contributed by atoms with Crippen molar-refractivity contribution in [1.29, 1.82) is 0 Å². The third kappa shape index (κ3) is 5.59. The normalized spacial score (nSPS) is 13.3. The van der Waals surface area contributed by atoms with Crippen LogP contribution < -0.4 is 4.74 Å². The molecule has 0 aliphatic rings. The first-order chi connectivity index (χ1) is 13.1. The first-order valence-corrected chi connectivity index (χ1v) is 9.74. The van der Waals surface area contributed by atoms with Crippen LogP contribution in [0, 0.1) is 0 Å². The molecule has 0 aliphatic heterocycles. The Hall–Kier alpha value is -2.29. The highest BCUT2D eigenvalue weighted by Gasteiger charge is 2.22. The smallest absolute Gasteiger partial charge is 0.120 e. The van der Waals surface area contributed by atoms with Crippen molar-refractivity contribution in [2.45, 2.75) is 32.5 Å². The van der Waals surface area contributed by atoms with Crippen molar-refractivity contribution in [3.8, 4) is 5.75 Å². The standard InChI is InChI=1S/C24H26ClNO/c1-19(18-27-24-15-9-14-23(25)16-24)26(17-21-10-5-3-6-11-21)20(2)22-12-7-4-8-13-22/h3-16,19-20H,17-18H2,1-2H3/t19-,20+/m0/s1. The molecule has 0 fully saturated rings. The molecule has 3 heteroatoms. The second-order valence-corrected chi connectivity index (χ2v) is 7.30. The molecule has 0 saturated heterocycles. The zero-order valence-electron chi connectivity index (χ0n) is 15.9. The maximum atomic E-state index is 6.07. The molecule has 140 valence electrons. The Morgan fingerprint density at radius 1 is 0.852 bits per heavy atom. The van der Waals surface area contributed by atoms with Crippen LogP contribution in [0.4, 0.5) is 0 Å². The third-order valence-electron chi connectivity index (χ3n) is 4.84. The van der Waals surface area contributed by atoms with E-state index in [4.69, 9.17) is 16.3 Å². The highest BCUT2D eigenvalue weighted by atomic mass is 35.5. The molecular weight excluding hydrogens is 354 g/mol. The number of ether oxygens (including phenoxy) is 1. The van der Waals surface area contributed by atoms with Crippen LogP contribution in [0.25, 0.3) is 0 Å². The van der Waals surface area contributed by atoms with Gasteiger partial charge in [0.15, 0.2) is 0 Å². The second kappa shape index (κ2) is 9.59.